The first kappa shape index (κ1) is 29.4. The Morgan fingerprint density at radius 3 is 2.67 bits per heavy atom. The average molecular weight is 587 g/mol. The Morgan fingerprint density at radius 2 is 1.93 bits per heavy atom. The zero-order valence-corrected chi connectivity index (χ0v) is 25.4. The van der Waals surface area contributed by atoms with Gasteiger partial charge < -0.3 is 25.2 Å². The monoisotopic (exact) mass is 586 g/mol. The standard InChI is InChI=1S/C31H38N8O2S/c1-6-30(40)33-25-19-26(29(41-5)20-28(25)37(4)17-18-38-15-9-10-16-38)35-31-32-14-13-24(34-31)23-21-39(42-36(2)3)27-12-8-7-11-22(23)27/h6-8,11-14,19-21H,1,9-10,15-18H2,2-5H3,(H,33,40)(H,32,34,35). The highest BCUT2D eigenvalue weighted by molar-refractivity contribution is 7.95. The second kappa shape index (κ2) is 13.3. The van der Waals surface area contributed by atoms with Crippen molar-refractivity contribution in [2.45, 2.75) is 12.8 Å². The van der Waals surface area contributed by atoms with E-state index in [9.17, 15) is 4.79 Å². The summed E-state index contributed by atoms with van der Waals surface area (Å²) in [7, 11) is 7.69. The van der Waals surface area contributed by atoms with E-state index in [2.05, 4.69) is 54.3 Å². The van der Waals surface area contributed by atoms with Crippen LogP contribution in [-0.4, -0.2) is 83.5 Å². The molecule has 1 aliphatic heterocycles. The first-order valence-corrected chi connectivity index (χ1v) is 14.7. The summed E-state index contributed by atoms with van der Waals surface area (Å²) < 4.78 is 9.97. The van der Waals surface area contributed by atoms with Crippen LogP contribution < -0.4 is 20.3 Å². The van der Waals surface area contributed by atoms with E-state index >= 15 is 0 Å². The van der Waals surface area contributed by atoms with Crippen molar-refractivity contribution in [2.75, 3.05) is 70.0 Å². The van der Waals surface area contributed by atoms with Crippen LogP contribution in [-0.2, 0) is 4.79 Å². The number of ether oxygens (including phenoxy) is 1. The van der Waals surface area contributed by atoms with Crippen molar-refractivity contribution in [3.8, 4) is 17.0 Å². The molecule has 1 amide bonds. The van der Waals surface area contributed by atoms with Gasteiger partial charge in [-0.2, -0.15) is 0 Å². The molecule has 0 spiro atoms. The third-order valence-electron chi connectivity index (χ3n) is 7.23. The number of nitrogens with zero attached hydrogens (tertiary/aromatic N) is 6. The number of likely N-dealkylation sites (tertiary alicyclic amines) is 1. The molecule has 0 bridgehead atoms. The van der Waals surface area contributed by atoms with E-state index in [1.807, 2.05) is 55.8 Å². The summed E-state index contributed by atoms with van der Waals surface area (Å²) in [4.78, 5) is 26.3. The van der Waals surface area contributed by atoms with Gasteiger partial charge in [0.05, 0.1) is 35.4 Å². The van der Waals surface area contributed by atoms with Crippen molar-refractivity contribution >= 4 is 52.0 Å². The maximum atomic E-state index is 12.4. The normalized spacial score (nSPS) is 13.5. The molecule has 10 nitrogen and oxygen atoms in total. The third-order valence-corrected chi connectivity index (χ3v) is 8.03. The summed E-state index contributed by atoms with van der Waals surface area (Å²) in [5, 5.41) is 7.39. The van der Waals surface area contributed by atoms with Crippen molar-refractivity contribution in [3.05, 3.63) is 67.5 Å². The number of fused-ring (bicyclic) bond motifs is 1. The molecular formula is C31H38N8O2S. The molecule has 11 heteroatoms. The van der Waals surface area contributed by atoms with Crippen LogP contribution in [0.4, 0.5) is 23.0 Å². The molecule has 2 N–H and O–H groups in total. The van der Waals surface area contributed by atoms with Crippen LogP contribution in [0.5, 0.6) is 5.75 Å². The van der Waals surface area contributed by atoms with Gasteiger partial charge in [-0.05, 0) is 64.3 Å². The molecule has 4 aromatic rings. The van der Waals surface area contributed by atoms with E-state index in [-0.39, 0.29) is 5.91 Å². The molecular weight excluding hydrogens is 548 g/mol. The van der Waals surface area contributed by atoms with Crippen LogP contribution >= 0.6 is 12.1 Å². The Balaban J connectivity index is 1.46. The number of carbonyl (C=O) groups is 1. The maximum Gasteiger partial charge on any atom is 0.247 e. The molecule has 220 valence electrons. The Hall–Kier alpha value is -4.06. The van der Waals surface area contributed by atoms with Gasteiger partial charge in [0.25, 0.3) is 0 Å². The summed E-state index contributed by atoms with van der Waals surface area (Å²) in [5.74, 6) is 0.743. The summed E-state index contributed by atoms with van der Waals surface area (Å²) in [6.45, 7) is 7.66. The Labute approximate surface area is 251 Å². The van der Waals surface area contributed by atoms with Gasteiger partial charge in [-0.25, -0.2) is 14.3 Å². The van der Waals surface area contributed by atoms with Crippen LogP contribution in [0.3, 0.4) is 0 Å². The van der Waals surface area contributed by atoms with E-state index < -0.39 is 0 Å². The number of likely N-dealkylation sites (N-methyl/N-ethyl adjacent to an activating group) is 1. The van der Waals surface area contributed by atoms with Crippen LogP contribution in [0.1, 0.15) is 12.8 Å². The highest BCUT2D eigenvalue weighted by atomic mass is 32.2. The van der Waals surface area contributed by atoms with Crippen molar-refractivity contribution in [2.24, 2.45) is 0 Å². The number of hydrogen-bond acceptors (Lipinski definition) is 9. The second-order valence-electron chi connectivity index (χ2n) is 10.4. The number of rotatable bonds is 12. The van der Waals surface area contributed by atoms with Crippen LogP contribution in [0.25, 0.3) is 22.2 Å². The molecule has 0 saturated carbocycles. The molecule has 3 heterocycles. The second-order valence-corrected chi connectivity index (χ2v) is 11.7. The lowest BCUT2D eigenvalue weighted by molar-refractivity contribution is -0.111. The van der Waals surface area contributed by atoms with Crippen molar-refractivity contribution in [1.82, 2.24) is 23.1 Å². The lowest BCUT2D eigenvalue weighted by Crippen LogP contribution is -2.32. The van der Waals surface area contributed by atoms with Gasteiger partial charge in [0.15, 0.2) is 0 Å². The number of amides is 1. The summed E-state index contributed by atoms with van der Waals surface area (Å²) >= 11 is 1.60. The quantitative estimate of drug-likeness (QED) is 0.165. The lowest BCUT2D eigenvalue weighted by Gasteiger charge is -2.26. The zero-order chi connectivity index (χ0) is 29.6. The smallest absolute Gasteiger partial charge is 0.247 e. The summed E-state index contributed by atoms with van der Waals surface area (Å²) in [6, 6.07) is 14.0. The molecule has 0 atom stereocenters. The molecule has 42 heavy (non-hydrogen) atoms. The maximum absolute atomic E-state index is 12.4. The zero-order valence-electron chi connectivity index (χ0n) is 24.6. The Morgan fingerprint density at radius 1 is 1.14 bits per heavy atom. The first-order chi connectivity index (χ1) is 20.4. The van der Waals surface area contributed by atoms with Gasteiger partial charge >= 0.3 is 0 Å². The highest BCUT2D eigenvalue weighted by Crippen LogP contribution is 2.38. The molecule has 0 radical (unpaired) electrons. The largest absolute Gasteiger partial charge is 0.494 e. The van der Waals surface area contributed by atoms with Gasteiger partial charge in [-0.3, -0.25) is 8.77 Å². The summed E-state index contributed by atoms with van der Waals surface area (Å²) in [5.41, 5.74) is 5.04. The number of anilines is 4. The molecule has 2 aromatic heterocycles. The minimum absolute atomic E-state index is 0.287. The molecule has 2 aromatic carbocycles. The molecule has 1 fully saturated rings. The fraction of sp³-hybridized carbons (Fsp3) is 0.323. The van der Waals surface area contributed by atoms with Crippen LogP contribution in [0.2, 0.25) is 0 Å². The first-order valence-electron chi connectivity index (χ1n) is 14.0. The molecule has 0 unspecified atom stereocenters. The number of methoxy groups -OCH3 is 1. The molecule has 1 saturated heterocycles. The minimum atomic E-state index is -0.287. The Bertz CT molecular complexity index is 1560. The molecule has 5 rings (SSSR count). The van der Waals surface area contributed by atoms with E-state index in [4.69, 9.17) is 9.72 Å². The van der Waals surface area contributed by atoms with Crippen molar-refractivity contribution in [3.63, 3.8) is 0 Å². The number of hydrogen-bond donors (Lipinski definition) is 2. The number of aromatic nitrogens is 3. The van der Waals surface area contributed by atoms with Gasteiger partial charge in [0.1, 0.15) is 5.75 Å². The lowest BCUT2D eigenvalue weighted by atomic mass is 10.1. The van der Waals surface area contributed by atoms with E-state index in [1.165, 1.54) is 18.9 Å². The molecule has 0 aliphatic carbocycles. The summed E-state index contributed by atoms with van der Waals surface area (Å²) in [6.07, 6.45) is 7.60. The SMILES string of the molecule is C=CC(=O)Nc1cc(Nc2nccc(-c3cn(SN(C)C)c4ccccc34)n2)c(OC)cc1N(C)CCN1CCCC1. The number of nitrogens with one attached hydrogen (secondary N) is 2. The minimum Gasteiger partial charge on any atom is -0.494 e. The van der Waals surface area contributed by atoms with Gasteiger partial charge in [0, 0.05) is 61.7 Å². The predicted octanol–water partition coefficient (Wildman–Crippen LogP) is 5.48. The fourth-order valence-electron chi connectivity index (χ4n) is 5.14. The van der Waals surface area contributed by atoms with Crippen molar-refractivity contribution in [1.29, 1.82) is 0 Å². The Kier molecular flexibility index (Phi) is 9.31. The van der Waals surface area contributed by atoms with Crippen LogP contribution in [0.15, 0.2) is 67.5 Å². The van der Waals surface area contributed by atoms with Crippen molar-refractivity contribution < 1.29 is 9.53 Å². The van der Waals surface area contributed by atoms with E-state index in [0.717, 1.165) is 54.0 Å². The number of para-hydroxylation sites is 1. The van der Waals surface area contributed by atoms with E-state index in [0.29, 0.717) is 23.1 Å². The predicted molar refractivity (Wildman–Crippen MR) is 174 cm³/mol. The number of benzene rings is 2. The van der Waals surface area contributed by atoms with Gasteiger partial charge in [0.2, 0.25) is 11.9 Å². The van der Waals surface area contributed by atoms with E-state index in [1.54, 1.807) is 25.4 Å². The molecule has 1 aliphatic rings. The van der Waals surface area contributed by atoms with Gasteiger partial charge in [-0.1, -0.05) is 24.8 Å². The topological polar surface area (TPSA) is 90.8 Å². The highest BCUT2D eigenvalue weighted by Gasteiger charge is 2.19. The third kappa shape index (κ3) is 6.70. The average Bonchev–Trinajstić information content (AvgIpc) is 3.64. The van der Waals surface area contributed by atoms with Gasteiger partial charge in [-0.15, -0.1) is 0 Å². The van der Waals surface area contributed by atoms with Crippen LogP contribution in [0, 0.1) is 0 Å². The number of carbonyl (C=O) groups excluding carboxylic acids is 1. The fourth-order valence-corrected chi connectivity index (χ4v) is 5.89.